The van der Waals surface area contributed by atoms with Crippen LogP contribution in [0.15, 0.2) is 76.7 Å². The van der Waals surface area contributed by atoms with Gasteiger partial charge in [0.05, 0.1) is 5.69 Å². The standard InChI is InChI=1S/C24H22ClN5O3/c1-16-13-18(23(26-32-3)17-8-6-9-20(25)14-17)11-12-22(16)33-15-19-7-4-5-10-21(19)30-24(31)29(2)27-28-30/h4-14H,15H2,1-3H3. The Kier molecular flexibility index (Phi) is 6.55. The summed E-state index contributed by atoms with van der Waals surface area (Å²) in [5, 5.41) is 12.5. The minimum Gasteiger partial charge on any atom is -0.489 e. The van der Waals surface area contributed by atoms with Crippen LogP contribution >= 0.6 is 11.6 Å². The molecule has 0 unspecified atom stereocenters. The molecule has 9 heteroatoms. The van der Waals surface area contributed by atoms with Gasteiger partial charge >= 0.3 is 5.69 Å². The quantitative estimate of drug-likeness (QED) is 0.306. The third-order valence-electron chi connectivity index (χ3n) is 5.05. The van der Waals surface area contributed by atoms with Crippen molar-refractivity contribution in [2.24, 2.45) is 12.2 Å². The summed E-state index contributed by atoms with van der Waals surface area (Å²) >= 11 is 6.15. The van der Waals surface area contributed by atoms with Gasteiger partial charge in [0.1, 0.15) is 25.2 Å². The number of aromatic nitrogens is 4. The summed E-state index contributed by atoms with van der Waals surface area (Å²) in [6.07, 6.45) is 0. The second kappa shape index (κ2) is 9.70. The van der Waals surface area contributed by atoms with Gasteiger partial charge in [-0.15, -0.1) is 0 Å². The predicted octanol–water partition coefficient (Wildman–Crippen LogP) is 3.91. The Bertz CT molecular complexity index is 1380. The van der Waals surface area contributed by atoms with Crippen LogP contribution < -0.4 is 10.4 Å². The molecular weight excluding hydrogens is 442 g/mol. The number of ether oxygens (including phenoxy) is 1. The highest BCUT2D eigenvalue weighted by Crippen LogP contribution is 2.24. The Labute approximate surface area is 195 Å². The zero-order valence-corrected chi connectivity index (χ0v) is 19.2. The second-order valence-electron chi connectivity index (χ2n) is 7.33. The lowest BCUT2D eigenvalue weighted by atomic mass is 10.0. The maximum absolute atomic E-state index is 12.3. The normalized spacial score (nSPS) is 11.5. The van der Waals surface area contributed by atoms with Crippen LogP contribution in [0.25, 0.3) is 5.69 Å². The maximum Gasteiger partial charge on any atom is 0.368 e. The van der Waals surface area contributed by atoms with E-state index in [1.165, 1.54) is 16.5 Å². The second-order valence-corrected chi connectivity index (χ2v) is 7.76. The summed E-state index contributed by atoms with van der Waals surface area (Å²) in [6, 6.07) is 20.7. The van der Waals surface area contributed by atoms with Crippen LogP contribution in [0, 0.1) is 6.92 Å². The van der Waals surface area contributed by atoms with Gasteiger partial charge < -0.3 is 9.57 Å². The molecule has 4 rings (SSSR count). The van der Waals surface area contributed by atoms with Crippen molar-refractivity contribution < 1.29 is 9.57 Å². The van der Waals surface area contributed by atoms with Crippen molar-refractivity contribution in [3.8, 4) is 11.4 Å². The fourth-order valence-corrected chi connectivity index (χ4v) is 3.61. The van der Waals surface area contributed by atoms with Crippen molar-refractivity contribution in [2.45, 2.75) is 13.5 Å². The molecule has 0 aliphatic rings. The van der Waals surface area contributed by atoms with E-state index in [0.29, 0.717) is 22.2 Å². The number of rotatable bonds is 7. The number of hydrogen-bond acceptors (Lipinski definition) is 6. The van der Waals surface area contributed by atoms with Gasteiger partial charge in [-0.1, -0.05) is 47.1 Å². The van der Waals surface area contributed by atoms with E-state index >= 15 is 0 Å². The van der Waals surface area contributed by atoms with Crippen LogP contribution in [-0.2, 0) is 18.5 Å². The summed E-state index contributed by atoms with van der Waals surface area (Å²) in [4.78, 5) is 17.3. The molecule has 0 aliphatic heterocycles. The molecule has 4 aromatic rings. The SMILES string of the molecule is CON=C(c1cccc(Cl)c1)c1ccc(OCc2ccccc2-n2nnn(C)c2=O)c(C)c1. The fraction of sp³-hybridized carbons (Fsp3) is 0.167. The van der Waals surface area contributed by atoms with E-state index in [4.69, 9.17) is 21.2 Å². The Morgan fingerprint density at radius 2 is 1.82 bits per heavy atom. The molecule has 0 aliphatic carbocycles. The number of benzene rings is 3. The molecule has 8 nitrogen and oxygen atoms in total. The number of halogens is 1. The molecule has 0 atom stereocenters. The van der Waals surface area contributed by atoms with Crippen molar-refractivity contribution in [1.29, 1.82) is 0 Å². The molecule has 0 spiro atoms. The van der Waals surface area contributed by atoms with E-state index in [9.17, 15) is 4.79 Å². The molecule has 0 N–H and O–H groups in total. The molecule has 3 aromatic carbocycles. The molecule has 0 fully saturated rings. The number of tetrazole rings is 1. The first kappa shape index (κ1) is 22.3. The van der Waals surface area contributed by atoms with E-state index in [-0.39, 0.29) is 12.3 Å². The predicted molar refractivity (Wildman–Crippen MR) is 126 cm³/mol. The highest BCUT2D eigenvalue weighted by Gasteiger charge is 2.13. The highest BCUT2D eigenvalue weighted by molar-refractivity contribution is 6.31. The molecule has 33 heavy (non-hydrogen) atoms. The zero-order valence-electron chi connectivity index (χ0n) is 18.4. The van der Waals surface area contributed by atoms with Gasteiger partial charge in [-0.3, -0.25) is 0 Å². The third kappa shape index (κ3) is 4.80. The van der Waals surface area contributed by atoms with Gasteiger partial charge in [-0.2, -0.15) is 9.36 Å². The lowest BCUT2D eigenvalue weighted by Gasteiger charge is -2.14. The molecule has 1 heterocycles. The number of oxime groups is 1. The van der Waals surface area contributed by atoms with Crippen molar-refractivity contribution >= 4 is 17.3 Å². The van der Waals surface area contributed by atoms with Crippen LogP contribution in [0.4, 0.5) is 0 Å². The minimum atomic E-state index is -0.325. The van der Waals surface area contributed by atoms with Crippen LogP contribution in [0.2, 0.25) is 5.02 Å². The van der Waals surface area contributed by atoms with Crippen LogP contribution in [0.5, 0.6) is 5.75 Å². The highest BCUT2D eigenvalue weighted by atomic mass is 35.5. The first-order valence-corrected chi connectivity index (χ1v) is 10.5. The number of hydrogen-bond donors (Lipinski definition) is 0. The molecular formula is C24H22ClN5O3. The van der Waals surface area contributed by atoms with Crippen LogP contribution in [0.1, 0.15) is 22.3 Å². The molecule has 0 bridgehead atoms. The molecule has 168 valence electrons. The van der Waals surface area contributed by atoms with Gasteiger partial charge in [0.15, 0.2) is 0 Å². The van der Waals surface area contributed by atoms with E-state index in [2.05, 4.69) is 15.6 Å². The minimum absolute atomic E-state index is 0.257. The summed E-state index contributed by atoms with van der Waals surface area (Å²) in [5.41, 5.74) is 4.42. The van der Waals surface area contributed by atoms with Gasteiger partial charge in [-0.25, -0.2) is 4.79 Å². The Hall–Kier alpha value is -3.91. The van der Waals surface area contributed by atoms with E-state index in [0.717, 1.165) is 22.3 Å². The average molecular weight is 464 g/mol. The third-order valence-corrected chi connectivity index (χ3v) is 5.29. The summed E-state index contributed by atoms with van der Waals surface area (Å²) in [6.45, 7) is 2.22. The van der Waals surface area contributed by atoms with Crippen molar-refractivity contribution in [3.63, 3.8) is 0 Å². The van der Waals surface area contributed by atoms with Crippen molar-refractivity contribution in [2.75, 3.05) is 7.11 Å². The Morgan fingerprint density at radius 1 is 1.03 bits per heavy atom. The molecule has 1 aromatic heterocycles. The van der Waals surface area contributed by atoms with Gasteiger partial charge in [0.2, 0.25) is 0 Å². The number of para-hydroxylation sites is 1. The maximum atomic E-state index is 12.3. The lowest BCUT2D eigenvalue weighted by molar-refractivity contribution is 0.214. The average Bonchev–Trinajstić information content (AvgIpc) is 3.15. The van der Waals surface area contributed by atoms with Gasteiger partial charge in [-0.05, 0) is 59.3 Å². The Balaban J connectivity index is 1.59. The summed E-state index contributed by atoms with van der Waals surface area (Å²) < 4.78 is 8.53. The van der Waals surface area contributed by atoms with Gasteiger partial charge in [0, 0.05) is 28.8 Å². The van der Waals surface area contributed by atoms with Crippen molar-refractivity contribution in [3.05, 3.63) is 104 Å². The van der Waals surface area contributed by atoms with E-state index < -0.39 is 0 Å². The van der Waals surface area contributed by atoms with Crippen molar-refractivity contribution in [1.82, 2.24) is 19.8 Å². The first-order valence-electron chi connectivity index (χ1n) is 10.2. The van der Waals surface area contributed by atoms with Crippen LogP contribution in [0.3, 0.4) is 0 Å². The molecule has 0 saturated carbocycles. The zero-order chi connectivity index (χ0) is 23.4. The summed E-state index contributed by atoms with van der Waals surface area (Å²) in [7, 11) is 3.06. The Morgan fingerprint density at radius 3 is 2.52 bits per heavy atom. The van der Waals surface area contributed by atoms with Crippen LogP contribution in [-0.4, -0.2) is 32.6 Å². The molecule has 0 saturated heterocycles. The first-order chi connectivity index (χ1) is 16.0. The number of aryl methyl sites for hydroxylation is 2. The molecule has 0 amide bonds. The number of nitrogens with zero attached hydrogens (tertiary/aromatic N) is 5. The smallest absolute Gasteiger partial charge is 0.368 e. The fourth-order valence-electron chi connectivity index (χ4n) is 3.42. The largest absolute Gasteiger partial charge is 0.489 e. The topological polar surface area (TPSA) is 83.5 Å². The van der Waals surface area contributed by atoms with E-state index in [1.807, 2.05) is 73.7 Å². The lowest BCUT2D eigenvalue weighted by Crippen LogP contribution is -2.23. The monoisotopic (exact) mass is 463 g/mol. The molecule has 0 radical (unpaired) electrons. The summed E-state index contributed by atoms with van der Waals surface area (Å²) in [5.74, 6) is 0.711. The van der Waals surface area contributed by atoms with Gasteiger partial charge in [0.25, 0.3) is 0 Å². The van der Waals surface area contributed by atoms with E-state index in [1.54, 1.807) is 7.05 Å².